The molecule has 338 valence electrons. The van der Waals surface area contributed by atoms with Crippen LogP contribution in [0.2, 0.25) is 0 Å². The Bertz CT molecular complexity index is 1100. The zero-order chi connectivity index (χ0) is 43.1. The molecule has 5 amide bonds. The molecule has 2 atom stereocenters. The predicted molar refractivity (Wildman–Crippen MR) is 221 cm³/mol. The van der Waals surface area contributed by atoms with Crippen molar-refractivity contribution in [1.82, 2.24) is 26.2 Å². The molecule has 0 aromatic heterocycles. The summed E-state index contributed by atoms with van der Waals surface area (Å²) in [5.41, 5.74) is 10.6. The smallest absolute Gasteiger partial charge is 0.407 e. The van der Waals surface area contributed by atoms with Crippen LogP contribution in [0.4, 0.5) is 4.79 Å². The fourth-order valence-electron chi connectivity index (χ4n) is 5.55. The Labute approximate surface area is 346 Å². The molecule has 0 aliphatic heterocycles. The predicted octanol–water partition coefficient (Wildman–Crippen LogP) is 1.76. The van der Waals surface area contributed by atoms with Gasteiger partial charge >= 0.3 is 12.1 Å². The van der Waals surface area contributed by atoms with Crippen LogP contribution in [-0.2, 0) is 47.7 Å². The molecular weight excluding hydrogens is 754 g/mol. The summed E-state index contributed by atoms with van der Waals surface area (Å²) >= 11 is 0. The number of nitrogens with one attached hydrogen (secondary N) is 4. The number of hydrogen-bond donors (Lipinski definition) is 6. The third-order valence-corrected chi connectivity index (χ3v) is 9.17. The number of nitrogens with zero attached hydrogens (tertiary/aromatic N) is 1. The Morgan fingerprint density at radius 3 is 1.90 bits per heavy atom. The van der Waals surface area contributed by atoms with Crippen LogP contribution in [0.3, 0.4) is 0 Å². The number of nitrogens with two attached hydrogens (primary N) is 2. The molecule has 0 rings (SSSR count). The second-order valence-corrected chi connectivity index (χ2v) is 14.2. The number of hydrogen-bond acceptors (Lipinski definition) is 13. The number of methoxy groups -OCH3 is 1. The Morgan fingerprint density at radius 1 is 0.621 bits per heavy atom. The molecule has 0 aliphatic rings. The number of primary amides is 2. The standard InChI is InChI=1S/C40H77N7O11/c1-4-5-25-55-28-30-57-37(50)32-34(14-9-12-19-46-40(53)58-31-29-56-27-26-54-3)39(52)45-20-16-36(49)47(23-21-43-17-10-6-7-15-35(41)48)24-22-44-18-11-8-13-33(2)38(42)51/h33-34,43-44H,4-32H2,1-3H3,(H2,41,48)(H2,42,51)(H,45,52)(H,46,53). The lowest BCUT2D eigenvalue weighted by molar-refractivity contribution is -0.148. The van der Waals surface area contributed by atoms with E-state index in [1.54, 1.807) is 12.0 Å². The van der Waals surface area contributed by atoms with Gasteiger partial charge in [-0.25, -0.2) is 4.79 Å². The Morgan fingerprint density at radius 2 is 1.24 bits per heavy atom. The number of carbonyl (C=O) groups is 6. The second-order valence-electron chi connectivity index (χ2n) is 14.2. The molecule has 0 saturated carbocycles. The highest BCUT2D eigenvalue weighted by atomic mass is 16.6. The molecule has 2 unspecified atom stereocenters. The van der Waals surface area contributed by atoms with Crippen LogP contribution in [0.25, 0.3) is 0 Å². The van der Waals surface area contributed by atoms with Crippen LogP contribution in [-0.4, -0.2) is 146 Å². The van der Waals surface area contributed by atoms with Crippen molar-refractivity contribution in [2.75, 3.05) is 106 Å². The van der Waals surface area contributed by atoms with Gasteiger partial charge in [0.15, 0.2) is 0 Å². The zero-order valence-electron chi connectivity index (χ0n) is 35.8. The van der Waals surface area contributed by atoms with Gasteiger partial charge in [-0.1, -0.05) is 39.5 Å². The maximum Gasteiger partial charge on any atom is 0.407 e. The average molecular weight is 832 g/mol. The number of esters is 1. The minimum Gasteiger partial charge on any atom is -0.463 e. The average Bonchev–Trinajstić information content (AvgIpc) is 3.19. The van der Waals surface area contributed by atoms with Crippen LogP contribution in [0.1, 0.15) is 104 Å². The first kappa shape index (κ1) is 54.4. The molecule has 0 radical (unpaired) electrons. The molecule has 0 saturated heterocycles. The highest BCUT2D eigenvalue weighted by Gasteiger charge is 2.23. The summed E-state index contributed by atoms with van der Waals surface area (Å²) in [5.74, 6) is -2.40. The van der Waals surface area contributed by atoms with Crippen LogP contribution in [0.15, 0.2) is 0 Å². The van der Waals surface area contributed by atoms with Gasteiger partial charge in [0.1, 0.15) is 13.2 Å². The van der Waals surface area contributed by atoms with Gasteiger partial charge in [0, 0.05) is 77.7 Å². The Hall–Kier alpha value is -3.58. The van der Waals surface area contributed by atoms with E-state index in [4.69, 9.17) is 35.2 Å². The van der Waals surface area contributed by atoms with E-state index in [9.17, 15) is 28.8 Å². The van der Waals surface area contributed by atoms with Crippen LogP contribution < -0.4 is 32.7 Å². The molecule has 58 heavy (non-hydrogen) atoms. The van der Waals surface area contributed by atoms with E-state index in [1.807, 2.05) is 6.92 Å². The van der Waals surface area contributed by atoms with Gasteiger partial charge < -0.3 is 61.3 Å². The van der Waals surface area contributed by atoms with Gasteiger partial charge in [0.25, 0.3) is 0 Å². The molecule has 0 fully saturated rings. The van der Waals surface area contributed by atoms with Crippen LogP contribution in [0.5, 0.6) is 0 Å². The number of rotatable bonds is 41. The summed E-state index contributed by atoms with van der Waals surface area (Å²) in [7, 11) is 1.57. The van der Waals surface area contributed by atoms with Gasteiger partial charge in [-0.2, -0.15) is 0 Å². The lowest BCUT2D eigenvalue weighted by Crippen LogP contribution is -2.42. The van der Waals surface area contributed by atoms with E-state index in [-0.39, 0.29) is 75.4 Å². The maximum atomic E-state index is 13.4. The number of unbranched alkanes of at least 4 members (excludes halogenated alkanes) is 5. The number of carbonyl (C=O) groups excluding carboxylic acids is 6. The molecule has 0 heterocycles. The third-order valence-electron chi connectivity index (χ3n) is 9.17. The first-order chi connectivity index (χ1) is 28.0. The lowest BCUT2D eigenvalue weighted by atomic mass is 9.97. The summed E-state index contributed by atoms with van der Waals surface area (Å²) in [6.45, 7) is 10.1. The lowest BCUT2D eigenvalue weighted by Gasteiger charge is -2.24. The summed E-state index contributed by atoms with van der Waals surface area (Å²) < 4.78 is 26.0. The Kier molecular flexibility index (Phi) is 36.5. The monoisotopic (exact) mass is 832 g/mol. The first-order valence-electron chi connectivity index (χ1n) is 21.3. The van der Waals surface area contributed by atoms with E-state index >= 15 is 0 Å². The summed E-state index contributed by atoms with van der Waals surface area (Å²) in [6, 6.07) is 0. The Balaban J connectivity index is 5.05. The van der Waals surface area contributed by atoms with E-state index in [2.05, 4.69) is 28.2 Å². The molecule has 18 heteroatoms. The molecular formula is C40H77N7O11. The van der Waals surface area contributed by atoms with Gasteiger partial charge in [-0.15, -0.1) is 0 Å². The van der Waals surface area contributed by atoms with Gasteiger partial charge in [-0.05, 0) is 58.0 Å². The molecule has 0 spiro atoms. The minimum absolute atomic E-state index is 0.0829. The van der Waals surface area contributed by atoms with Gasteiger partial charge in [0.05, 0.1) is 32.8 Å². The third kappa shape index (κ3) is 34.5. The largest absolute Gasteiger partial charge is 0.463 e. The van der Waals surface area contributed by atoms with Crippen molar-refractivity contribution in [3.8, 4) is 0 Å². The van der Waals surface area contributed by atoms with Crippen molar-refractivity contribution in [2.45, 2.75) is 104 Å². The molecule has 0 aromatic carbocycles. The number of amides is 5. The number of ether oxygens (including phenoxy) is 5. The zero-order valence-corrected chi connectivity index (χ0v) is 35.8. The normalized spacial score (nSPS) is 12.1. The molecule has 0 aliphatic carbocycles. The van der Waals surface area contributed by atoms with Crippen molar-refractivity contribution in [1.29, 1.82) is 0 Å². The quantitative estimate of drug-likeness (QED) is 0.0380. The van der Waals surface area contributed by atoms with E-state index in [0.717, 1.165) is 64.5 Å². The molecule has 0 bridgehead atoms. The van der Waals surface area contributed by atoms with Crippen molar-refractivity contribution >= 4 is 35.7 Å². The highest BCUT2D eigenvalue weighted by Crippen LogP contribution is 2.15. The van der Waals surface area contributed by atoms with E-state index in [1.165, 1.54) is 0 Å². The van der Waals surface area contributed by atoms with Crippen molar-refractivity contribution in [3.63, 3.8) is 0 Å². The SMILES string of the molecule is CCCCOCCOC(=O)CC(CCCCNC(=O)OCCOCCOC)C(=O)NCCC(=O)N(CCNCCCCCC(N)=O)CCNCCCCC(C)C(N)=O. The molecule has 8 N–H and O–H groups in total. The fraction of sp³-hybridized carbons (Fsp3) is 0.850. The van der Waals surface area contributed by atoms with Crippen LogP contribution >= 0.6 is 0 Å². The van der Waals surface area contributed by atoms with Crippen LogP contribution in [0, 0.1) is 11.8 Å². The van der Waals surface area contributed by atoms with Crippen molar-refractivity contribution < 1.29 is 52.5 Å². The number of alkyl carbamates (subject to hydrolysis) is 1. The van der Waals surface area contributed by atoms with Crippen molar-refractivity contribution in [3.05, 3.63) is 0 Å². The second kappa shape index (κ2) is 38.9. The summed E-state index contributed by atoms with van der Waals surface area (Å²) in [4.78, 5) is 75.4. The molecule has 0 aromatic rings. The minimum atomic E-state index is -0.682. The summed E-state index contributed by atoms with van der Waals surface area (Å²) in [6.07, 6.45) is 8.16. The van der Waals surface area contributed by atoms with E-state index < -0.39 is 18.0 Å². The topological polar surface area (TPSA) is 252 Å². The first-order valence-corrected chi connectivity index (χ1v) is 21.3. The summed E-state index contributed by atoms with van der Waals surface area (Å²) in [5, 5.41) is 12.2. The van der Waals surface area contributed by atoms with Crippen molar-refractivity contribution in [2.24, 2.45) is 23.3 Å². The fourth-order valence-corrected chi connectivity index (χ4v) is 5.55. The molecule has 18 nitrogen and oxygen atoms in total. The maximum absolute atomic E-state index is 13.4. The van der Waals surface area contributed by atoms with Gasteiger partial charge in [0.2, 0.25) is 23.6 Å². The van der Waals surface area contributed by atoms with Gasteiger partial charge in [-0.3, -0.25) is 24.0 Å². The van der Waals surface area contributed by atoms with E-state index in [0.29, 0.717) is 78.2 Å². The highest BCUT2D eigenvalue weighted by molar-refractivity contribution is 5.84.